The van der Waals surface area contributed by atoms with Crippen molar-refractivity contribution in [2.45, 2.75) is 26.7 Å². The predicted octanol–water partition coefficient (Wildman–Crippen LogP) is 3.66. The van der Waals surface area contributed by atoms with Crippen LogP contribution in [-0.2, 0) is 19.2 Å². The number of carbonyl (C=O) groups is 4. The standard InChI is InChI=1S/C27H26N2O5/c1-16-5-3-7-20(13-16)28-15-18(14-23(28)30)27(33)34-21-11-9-19(10-12-21)29-25(31)22-8-4-6-17(2)24(22)26(29)32/h3-7,9-13,17-18,22,24H,8,14-15H2,1-2H3/t17-,18-,22+,24+/m1/s1. The number of ether oxygens (including phenoxy) is 1. The van der Waals surface area contributed by atoms with Gasteiger partial charge in [0.2, 0.25) is 17.7 Å². The summed E-state index contributed by atoms with van der Waals surface area (Å²) >= 11 is 0. The van der Waals surface area contributed by atoms with Gasteiger partial charge in [0.15, 0.2) is 0 Å². The summed E-state index contributed by atoms with van der Waals surface area (Å²) < 4.78 is 5.52. The van der Waals surface area contributed by atoms with Crippen molar-refractivity contribution >= 4 is 35.1 Å². The third kappa shape index (κ3) is 3.81. The largest absolute Gasteiger partial charge is 0.426 e. The van der Waals surface area contributed by atoms with Crippen LogP contribution in [0.5, 0.6) is 5.75 Å². The zero-order valence-corrected chi connectivity index (χ0v) is 19.1. The van der Waals surface area contributed by atoms with Crippen LogP contribution in [0.15, 0.2) is 60.7 Å². The van der Waals surface area contributed by atoms with Crippen molar-refractivity contribution < 1.29 is 23.9 Å². The Morgan fingerprint density at radius 2 is 1.76 bits per heavy atom. The monoisotopic (exact) mass is 458 g/mol. The van der Waals surface area contributed by atoms with Crippen molar-refractivity contribution in [3.8, 4) is 5.75 Å². The van der Waals surface area contributed by atoms with E-state index in [4.69, 9.17) is 4.74 Å². The van der Waals surface area contributed by atoms with Crippen molar-refractivity contribution in [2.75, 3.05) is 16.3 Å². The minimum atomic E-state index is -0.563. The lowest BCUT2D eigenvalue weighted by molar-refractivity contribution is -0.139. The number of benzene rings is 2. The molecule has 0 saturated carbocycles. The Hall–Kier alpha value is -3.74. The first-order chi connectivity index (χ1) is 16.3. The number of rotatable bonds is 4. The number of imide groups is 1. The minimum absolute atomic E-state index is 0.0221. The molecule has 34 heavy (non-hydrogen) atoms. The molecule has 0 unspecified atom stereocenters. The Morgan fingerprint density at radius 3 is 2.47 bits per heavy atom. The Kier molecular flexibility index (Phi) is 5.55. The molecule has 2 saturated heterocycles. The van der Waals surface area contributed by atoms with Crippen LogP contribution in [0, 0.1) is 30.6 Å². The van der Waals surface area contributed by atoms with E-state index in [1.54, 1.807) is 29.2 Å². The van der Waals surface area contributed by atoms with Gasteiger partial charge in [0.25, 0.3) is 0 Å². The highest BCUT2D eigenvalue weighted by molar-refractivity contribution is 6.22. The van der Waals surface area contributed by atoms with Crippen LogP contribution < -0.4 is 14.5 Å². The molecular formula is C27H26N2O5. The van der Waals surface area contributed by atoms with Crippen molar-refractivity contribution in [1.82, 2.24) is 0 Å². The lowest BCUT2D eigenvalue weighted by Crippen LogP contribution is -2.31. The number of amides is 3. The lowest BCUT2D eigenvalue weighted by Gasteiger charge is -2.22. The highest BCUT2D eigenvalue weighted by Crippen LogP contribution is 2.40. The van der Waals surface area contributed by atoms with E-state index in [0.717, 1.165) is 11.3 Å². The Labute approximate surface area is 198 Å². The molecule has 2 fully saturated rings. The maximum atomic E-state index is 12.9. The van der Waals surface area contributed by atoms with E-state index in [9.17, 15) is 19.2 Å². The summed E-state index contributed by atoms with van der Waals surface area (Å²) in [5.41, 5.74) is 2.28. The Morgan fingerprint density at radius 1 is 1.00 bits per heavy atom. The molecule has 0 aromatic heterocycles. The normalized spacial score (nSPS) is 26.2. The molecule has 1 aliphatic carbocycles. The molecule has 0 bridgehead atoms. The van der Waals surface area contributed by atoms with Crippen LogP contribution in [0.4, 0.5) is 11.4 Å². The van der Waals surface area contributed by atoms with Crippen LogP contribution in [0.2, 0.25) is 0 Å². The Balaban J connectivity index is 1.25. The average molecular weight is 459 g/mol. The maximum Gasteiger partial charge on any atom is 0.316 e. The second-order valence-corrected chi connectivity index (χ2v) is 9.33. The number of allylic oxidation sites excluding steroid dienone is 2. The van der Waals surface area contributed by atoms with Crippen LogP contribution in [-0.4, -0.2) is 30.2 Å². The van der Waals surface area contributed by atoms with Gasteiger partial charge in [-0.3, -0.25) is 24.1 Å². The zero-order chi connectivity index (χ0) is 24.0. The van der Waals surface area contributed by atoms with E-state index in [-0.39, 0.29) is 48.4 Å². The number of anilines is 2. The molecule has 5 rings (SSSR count). The highest BCUT2D eigenvalue weighted by Gasteiger charge is 2.50. The first kappa shape index (κ1) is 22.1. The molecule has 3 amide bonds. The summed E-state index contributed by atoms with van der Waals surface area (Å²) in [5.74, 6) is -1.83. The van der Waals surface area contributed by atoms with E-state index < -0.39 is 11.9 Å². The quantitative estimate of drug-likeness (QED) is 0.302. The maximum absolute atomic E-state index is 12.9. The fourth-order valence-electron chi connectivity index (χ4n) is 5.18. The van der Waals surface area contributed by atoms with Crippen LogP contribution in [0.25, 0.3) is 0 Å². The molecule has 2 aliphatic heterocycles. The average Bonchev–Trinajstić information content (AvgIpc) is 3.33. The molecule has 0 radical (unpaired) electrons. The SMILES string of the molecule is Cc1cccc(N2C[C@H](C(=O)Oc3ccc(N4C(=O)[C@H]5[C@H](C)C=CC[C@@H]5C4=O)cc3)CC2=O)c1. The molecule has 174 valence electrons. The second kappa shape index (κ2) is 8.56. The summed E-state index contributed by atoms with van der Waals surface area (Å²) in [6.45, 7) is 4.18. The molecule has 0 N–H and O–H groups in total. The number of hydrogen-bond acceptors (Lipinski definition) is 5. The van der Waals surface area contributed by atoms with Crippen LogP contribution in [0.1, 0.15) is 25.3 Å². The zero-order valence-electron chi connectivity index (χ0n) is 19.1. The topological polar surface area (TPSA) is 84.0 Å². The number of carbonyl (C=O) groups excluding carboxylic acids is 4. The van der Waals surface area contributed by atoms with Gasteiger partial charge in [0.1, 0.15) is 5.75 Å². The van der Waals surface area contributed by atoms with E-state index in [1.807, 2.05) is 50.3 Å². The molecule has 2 aromatic rings. The second-order valence-electron chi connectivity index (χ2n) is 9.33. The molecular weight excluding hydrogens is 432 g/mol. The Bertz CT molecular complexity index is 1200. The molecule has 0 spiro atoms. The van der Waals surface area contributed by atoms with Gasteiger partial charge in [-0.1, -0.05) is 31.2 Å². The van der Waals surface area contributed by atoms with E-state index in [2.05, 4.69) is 0 Å². The van der Waals surface area contributed by atoms with Gasteiger partial charge in [-0.15, -0.1) is 0 Å². The smallest absolute Gasteiger partial charge is 0.316 e. The first-order valence-electron chi connectivity index (χ1n) is 11.6. The molecule has 2 heterocycles. The molecule has 4 atom stereocenters. The van der Waals surface area contributed by atoms with Gasteiger partial charge in [0, 0.05) is 18.7 Å². The van der Waals surface area contributed by atoms with Crippen LogP contribution in [0.3, 0.4) is 0 Å². The summed E-state index contributed by atoms with van der Waals surface area (Å²) in [6, 6.07) is 14.0. The molecule has 7 heteroatoms. The molecule has 2 aromatic carbocycles. The van der Waals surface area contributed by atoms with E-state index in [0.29, 0.717) is 17.9 Å². The lowest BCUT2D eigenvalue weighted by atomic mass is 9.78. The molecule has 7 nitrogen and oxygen atoms in total. The van der Waals surface area contributed by atoms with Gasteiger partial charge < -0.3 is 9.64 Å². The number of aryl methyl sites for hydroxylation is 1. The number of hydrogen-bond donors (Lipinski definition) is 0. The fourth-order valence-corrected chi connectivity index (χ4v) is 5.18. The van der Waals surface area contributed by atoms with Crippen LogP contribution >= 0.6 is 0 Å². The molecule has 3 aliphatic rings. The minimum Gasteiger partial charge on any atom is -0.426 e. The van der Waals surface area contributed by atoms with Gasteiger partial charge >= 0.3 is 5.97 Å². The number of nitrogens with zero attached hydrogens (tertiary/aromatic N) is 2. The third-order valence-corrected chi connectivity index (χ3v) is 6.96. The van der Waals surface area contributed by atoms with Crippen molar-refractivity contribution in [1.29, 1.82) is 0 Å². The first-order valence-corrected chi connectivity index (χ1v) is 11.6. The van der Waals surface area contributed by atoms with E-state index >= 15 is 0 Å². The van der Waals surface area contributed by atoms with Gasteiger partial charge in [-0.25, -0.2) is 0 Å². The number of fused-ring (bicyclic) bond motifs is 1. The predicted molar refractivity (Wildman–Crippen MR) is 126 cm³/mol. The highest BCUT2D eigenvalue weighted by atomic mass is 16.5. The summed E-state index contributed by atoms with van der Waals surface area (Å²) in [7, 11) is 0. The van der Waals surface area contributed by atoms with Gasteiger partial charge in [-0.05, 0) is 61.2 Å². The summed E-state index contributed by atoms with van der Waals surface area (Å²) in [6.07, 6.45) is 4.63. The van der Waals surface area contributed by atoms with Gasteiger partial charge in [-0.2, -0.15) is 0 Å². The van der Waals surface area contributed by atoms with Crippen molar-refractivity contribution in [2.24, 2.45) is 23.7 Å². The summed E-state index contributed by atoms with van der Waals surface area (Å²) in [4.78, 5) is 53.9. The number of esters is 1. The third-order valence-electron chi connectivity index (χ3n) is 6.96. The summed E-state index contributed by atoms with van der Waals surface area (Å²) in [5, 5.41) is 0. The van der Waals surface area contributed by atoms with E-state index in [1.165, 1.54) is 4.90 Å². The van der Waals surface area contributed by atoms with Crippen molar-refractivity contribution in [3.63, 3.8) is 0 Å². The van der Waals surface area contributed by atoms with Gasteiger partial charge in [0.05, 0.1) is 23.4 Å². The van der Waals surface area contributed by atoms with Crippen molar-refractivity contribution in [3.05, 3.63) is 66.2 Å². The fraction of sp³-hybridized carbons (Fsp3) is 0.333.